The van der Waals surface area contributed by atoms with Gasteiger partial charge in [0.05, 0.1) is 6.54 Å². The fourth-order valence-electron chi connectivity index (χ4n) is 1.94. The van der Waals surface area contributed by atoms with E-state index in [1.165, 1.54) is 4.90 Å². The summed E-state index contributed by atoms with van der Waals surface area (Å²) >= 11 is 5.22. The molecule has 1 amide bonds. The lowest BCUT2D eigenvalue weighted by molar-refractivity contribution is 0.137. The molecule has 1 atom stereocenters. The van der Waals surface area contributed by atoms with Gasteiger partial charge in [-0.3, -0.25) is 0 Å². The Bertz CT molecular complexity index is 450. The number of amides is 1. The van der Waals surface area contributed by atoms with E-state index in [1.807, 2.05) is 30.3 Å². The number of rotatable bonds is 4. The van der Waals surface area contributed by atoms with Gasteiger partial charge in [-0.05, 0) is 24.2 Å². The first-order valence-corrected chi connectivity index (χ1v) is 6.94. The van der Waals surface area contributed by atoms with Gasteiger partial charge < -0.3 is 10.1 Å². The van der Waals surface area contributed by atoms with Gasteiger partial charge in [0, 0.05) is 6.54 Å². The lowest BCUT2D eigenvalue weighted by Gasteiger charge is -2.15. The molecule has 0 aliphatic carbocycles. The van der Waals surface area contributed by atoms with Gasteiger partial charge in [-0.15, -0.1) is 0 Å². The van der Waals surface area contributed by atoms with E-state index in [1.54, 1.807) is 0 Å². The summed E-state index contributed by atoms with van der Waals surface area (Å²) in [6, 6.07) is 9.71. The number of nitrogens with one attached hydrogen (secondary N) is 1. The van der Waals surface area contributed by atoms with E-state index >= 15 is 0 Å². The molecule has 1 aliphatic rings. The maximum absolute atomic E-state index is 11.8. The van der Waals surface area contributed by atoms with Crippen LogP contribution in [0.1, 0.15) is 31.4 Å². The molecule has 0 bridgehead atoms. The number of cyclic esters (lactones) is 1. The number of benzene rings is 1. The van der Waals surface area contributed by atoms with Crippen molar-refractivity contribution in [3.05, 3.63) is 35.9 Å². The Morgan fingerprint density at radius 1 is 1.47 bits per heavy atom. The summed E-state index contributed by atoms with van der Waals surface area (Å²) < 4.78 is 5.35. The Kier molecular flexibility index (Phi) is 4.74. The van der Waals surface area contributed by atoms with Crippen LogP contribution in [0.2, 0.25) is 0 Å². The van der Waals surface area contributed by atoms with Gasteiger partial charge in [-0.1, -0.05) is 43.7 Å². The van der Waals surface area contributed by atoms with Crippen LogP contribution in [0, 0.1) is 0 Å². The van der Waals surface area contributed by atoms with Crippen molar-refractivity contribution in [1.29, 1.82) is 0 Å². The highest BCUT2D eigenvalue weighted by Gasteiger charge is 2.34. The summed E-state index contributed by atoms with van der Waals surface area (Å²) in [4.78, 5) is 13.3. The maximum Gasteiger partial charge on any atom is 0.416 e. The highest BCUT2D eigenvalue weighted by Crippen LogP contribution is 2.25. The molecule has 1 heterocycles. The Hall–Kier alpha value is -1.62. The zero-order valence-corrected chi connectivity index (χ0v) is 11.8. The van der Waals surface area contributed by atoms with E-state index in [9.17, 15) is 4.79 Å². The largest absolute Gasteiger partial charge is 0.439 e. The highest BCUT2D eigenvalue weighted by atomic mass is 32.1. The van der Waals surface area contributed by atoms with Crippen LogP contribution in [0.3, 0.4) is 0 Å². The van der Waals surface area contributed by atoms with Crippen molar-refractivity contribution in [3.63, 3.8) is 0 Å². The van der Waals surface area contributed by atoms with Crippen molar-refractivity contribution in [2.75, 3.05) is 13.1 Å². The van der Waals surface area contributed by atoms with Gasteiger partial charge in [0.25, 0.3) is 0 Å². The minimum absolute atomic E-state index is 0.236. The molecule has 1 aromatic carbocycles. The van der Waals surface area contributed by atoms with Gasteiger partial charge in [-0.25, -0.2) is 9.69 Å². The molecule has 19 heavy (non-hydrogen) atoms. The molecule has 102 valence electrons. The van der Waals surface area contributed by atoms with Crippen LogP contribution in [0.4, 0.5) is 4.79 Å². The average Bonchev–Trinajstić information content (AvgIpc) is 2.82. The molecule has 2 rings (SSSR count). The first-order chi connectivity index (χ1) is 9.22. The van der Waals surface area contributed by atoms with Crippen molar-refractivity contribution < 1.29 is 9.53 Å². The normalized spacial score (nSPS) is 18.3. The van der Waals surface area contributed by atoms with Crippen LogP contribution >= 0.6 is 12.2 Å². The second-order valence-electron chi connectivity index (χ2n) is 4.48. The number of carbonyl (C=O) groups excluding carboxylic acids is 1. The molecule has 1 aromatic rings. The van der Waals surface area contributed by atoms with Crippen LogP contribution in [0.15, 0.2) is 30.3 Å². The molecule has 5 heteroatoms. The molecule has 0 saturated carbocycles. The number of ether oxygens (including phenoxy) is 1. The van der Waals surface area contributed by atoms with E-state index in [0.717, 1.165) is 24.9 Å². The zero-order valence-electron chi connectivity index (χ0n) is 11.0. The van der Waals surface area contributed by atoms with E-state index in [-0.39, 0.29) is 12.2 Å². The molecule has 4 nitrogen and oxygen atoms in total. The summed E-state index contributed by atoms with van der Waals surface area (Å²) in [5.41, 5.74) is 0.995. The van der Waals surface area contributed by atoms with Crippen molar-refractivity contribution >= 4 is 23.4 Å². The number of unbranched alkanes of at least 4 members (excludes halogenated alkanes) is 1. The van der Waals surface area contributed by atoms with Crippen molar-refractivity contribution in [2.45, 2.75) is 25.9 Å². The van der Waals surface area contributed by atoms with Crippen molar-refractivity contribution in [3.8, 4) is 0 Å². The average molecular weight is 278 g/mol. The predicted molar refractivity (Wildman–Crippen MR) is 77.9 cm³/mol. The molecule has 1 unspecified atom stereocenters. The molecular formula is C14H18N2O2S. The van der Waals surface area contributed by atoms with Gasteiger partial charge in [-0.2, -0.15) is 0 Å². The third kappa shape index (κ3) is 3.44. The number of thiocarbonyl (C=S) groups is 1. The lowest BCUT2D eigenvalue weighted by atomic mass is 10.1. The standard InChI is InChI=1S/C14H18N2O2S/c1-2-3-9-15-13(19)16-10-12(18-14(16)17)11-7-5-4-6-8-11/h4-8,12H,2-3,9-10H2,1H3,(H,15,19). The Balaban J connectivity index is 1.94. The van der Waals surface area contributed by atoms with Gasteiger partial charge in [0.15, 0.2) is 5.11 Å². The lowest BCUT2D eigenvalue weighted by Crippen LogP contribution is -2.40. The SMILES string of the molecule is CCCCNC(=S)N1CC(c2ccccc2)OC1=O. The van der Waals surface area contributed by atoms with E-state index in [2.05, 4.69) is 12.2 Å². The van der Waals surface area contributed by atoms with Gasteiger partial charge in [0.2, 0.25) is 0 Å². The van der Waals surface area contributed by atoms with E-state index < -0.39 is 0 Å². The number of nitrogens with zero attached hydrogens (tertiary/aromatic N) is 1. The molecule has 0 aromatic heterocycles. The molecular weight excluding hydrogens is 260 g/mol. The van der Waals surface area contributed by atoms with Crippen molar-refractivity contribution in [1.82, 2.24) is 10.2 Å². The summed E-state index contributed by atoms with van der Waals surface area (Å²) in [5, 5.41) is 3.54. The highest BCUT2D eigenvalue weighted by molar-refractivity contribution is 7.80. The molecule has 1 saturated heterocycles. The quantitative estimate of drug-likeness (QED) is 0.679. The van der Waals surface area contributed by atoms with Crippen LogP contribution in [-0.4, -0.2) is 29.2 Å². The first-order valence-electron chi connectivity index (χ1n) is 6.53. The third-order valence-corrected chi connectivity index (χ3v) is 3.40. The van der Waals surface area contributed by atoms with Crippen LogP contribution in [-0.2, 0) is 4.74 Å². The van der Waals surface area contributed by atoms with Gasteiger partial charge >= 0.3 is 6.09 Å². The first kappa shape index (κ1) is 13.8. The molecule has 0 radical (unpaired) electrons. The van der Waals surface area contributed by atoms with Crippen LogP contribution in [0.5, 0.6) is 0 Å². The van der Waals surface area contributed by atoms with Gasteiger partial charge in [0.1, 0.15) is 6.10 Å². The van der Waals surface area contributed by atoms with Crippen molar-refractivity contribution in [2.24, 2.45) is 0 Å². The van der Waals surface area contributed by atoms with Crippen LogP contribution in [0.25, 0.3) is 0 Å². The minimum atomic E-state index is -0.372. The summed E-state index contributed by atoms with van der Waals surface area (Å²) in [7, 11) is 0. The second kappa shape index (κ2) is 6.52. The Morgan fingerprint density at radius 3 is 2.89 bits per heavy atom. The molecule has 1 aliphatic heterocycles. The Labute approximate surface area is 118 Å². The monoisotopic (exact) mass is 278 g/mol. The fourth-order valence-corrected chi connectivity index (χ4v) is 2.19. The predicted octanol–water partition coefficient (Wildman–Crippen LogP) is 2.85. The summed E-state index contributed by atoms with van der Waals surface area (Å²) in [5.74, 6) is 0. The number of hydrogen-bond acceptors (Lipinski definition) is 3. The summed E-state index contributed by atoms with van der Waals surface area (Å²) in [6.45, 7) is 3.37. The zero-order chi connectivity index (χ0) is 13.7. The topological polar surface area (TPSA) is 41.6 Å². The Morgan fingerprint density at radius 2 is 2.21 bits per heavy atom. The second-order valence-corrected chi connectivity index (χ2v) is 4.87. The van der Waals surface area contributed by atoms with E-state index in [0.29, 0.717) is 11.7 Å². The smallest absolute Gasteiger partial charge is 0.416 e. The molecule has 1 N–H and O–H groups in total. The molecule has 1 fully saturated rings. The summed E-state index contributed by atoms with van der Waals surface area (Å²) in [6.07, 6.45) is 1.51. The maximum atomic E-state index is 11.8. The van der Waals surface area contributed by atoms with Crippen LogP contribution < -0.4 is 5.32 Å². The molecule has 0 spiro atoms. The third-order valence-electron chi connectivity index (χ3n) is 3.03. The van der Waals surface area contributed by atoms with E-state index in [4.69, 9.17) is 17.0 Å². The number of carbonyl (C=O) groups is 1. The fraction of sp³-hybridized carbons (Fsp3) is 0.429. The number of hydrogen-bond donors (Lipinski definition) is 1. The minimum Gasteiger partial charge on any atom is -0.439 e.